The first-order valence-electron chi connectivity index (χ1n) is 6.05. The summed E-state index contributed by atoms with van der Waals surface area (Å²) in [7, 11) is 2.02. The van der Waals surface area contributed by atoms with Crippen LogP contribution in [0.5, 0.6) is 0 Å². The average Bonchev–Trinajstić information content (AvgIpc) is 2.93. The van der Waals surface area contributed by atoms with Gasteiger partial charge in [-0.2, -0.15) is 0 Å². The average molecular weight is 254 g/mol. The Morgan fingerprint density at radius 3 is 2.79 bits per heavy atom. The van der Waals surface area contributed by atoms with E-state index in [1.54, 1.807) is 6.07 Å². The zero-order valence-electron chi connectivity index (χ0n) is 10.6. The monoisotopic (exact) mass is 254 g/mol. The fraction of sp³-hybridized carbons (Fsp3) is 0.133. The van der Waals surface area contributed by atoms with Crippen LogP contribution in [-0.2, 0) is 13.5 Å². The molecule has 0 amide bonds. The van der Waals surface area contributed by atoms with Gasteiger partial charge in [-0.05, 0) is 23.6 Å². The van der Waals surface area contributed by atoms with Gasteiger partial charge in [-0.3, -0.25) is 4.79 Å². The van der Waals surface area contributed by atoms with Gasteiger partial charge in [-0.25, -0.2) is 0 Å². The molecule has 3 rings (SSSR count). The highest BCUT2D eigenvalue weighted by Crippen LogP contribution is 2.24. The molecule has 4 nitrogen and oxygen atoms in total. The molecule has 4 heteroatoms. The molecule has 0 spiro atoms. The van der Waals surface area contributed by atoms with Crippen LogP contribution in [0.3, 0.4) is 0 Å². The van der Waals surface area contributed by atoms with Crippen LogP contribution in [-0.4, -0.2) is 10.9 Å². The molecule has 0 atom stereocenters. The molecule has 2 heterocycles. The number of furan rings is 1. The predicted molar refractivity (Wildman–Crippen MR) is 74.2 cm³/mol. The van der Waals surface area contributed by atoms with Gasteiger partial charge in [-0.15, -0.1) is 0 Å². The summed E-state index contributed by atoms with van der Waals surface area (Å²) in [5, 5.41) is 1.19. The molecule has 0 saturated heterocycles. The van der Waals surface area contributed by atoms with Gasteiger partial charge < -0.3 is 14.7 Å². The van der Waals surface area contributed by atoms with Crippen LogP contribution in [0.1, 0.15) is 21.8 Å². The van der Waals surface area contributed by atoms with Gasteiger partial charge in [0.1, 0.15) is 0 Å². The largest absolute Gasteiger partial charge is 0.438 e. The molecule has 2 N–H and O–H groups in total. The zero-order chi connectivity index (χ0) is 13.4. The highest BCUT2D eigenvalue weighted by Gasteiger charge is 2.11. The van der Waals surface area contributed by atoms with E-state index in [0.29, 0.717) is 18.6 Å². The zero-order valence-corrected chi connectivity index (χ0v) is 10.6. The second-order valence-electron chi connectivity index (χ2n) is 4.59. The molecule has 1 aromatic carbocycles. The van der Waals surface area contributed by atoms with Crippen LogP contribution in [0.25, 0.3) is 10.9 Å². The van der Waals surface area contributed by atoms with Gasteiger partial charge in [0.2, 0.25) is 0 Å². The van der Waals surface area contributed by atoms with E-state index in [9.17, 15) is 4.79 Å². The number of nitrogen functional groups attached to an aromatic ring is 1. The number of carbonyl (C=O) groups is 1. The van der Waals surface area contributed by atoms with Gasteiger partial charge in [-0.1, -0.05) is 18.2 Å². The number of nitrogens with two attached hydrogens (primary N) is 1. The Morgan fingerprint density at radius 1 is 1.32 bits per heavy atom. The Hall–Kier alpha value is -2.49. The summed E-state index contributed by atoms with van der Waals surface area (Å²) in [4.78, 5) is 10.7. The molecule has 0 fully saturated rings. The van der Waals surface area contributed by atoms with Crippen LogP contribution in [0.2, 0.25) is 0 Å². The van der Waals surface area contributed by atoms with Crippen molar-refractivity contribution in [3.05, 3.63) is 53.4 Å². The van der Waals surface area contributed by atoms with Gasteiger partial charge in [0, 0.05) is 30.2 Å². The maximum Gasteiger partial charge on any atom is 0.194 e. The first-order valence-corrected chi connectivity index (χ1v) is 6.05. The lowest BCUT2D eigenvalue weighted by Gasteiger charge is -2.03. The topological polar surface area (TPSA) is 61.2 Å². The summed E-state index contributed by atoms with van der Waals surface area (Å²) in [6, 6.07) is 12.0. The fourth-order valence-electron chi connectivity index (χ4n) is 2.37. The maximum absolute atomic E-state index is 10.7. The molecule has 0 radical (unpaired) electrons. The van der Waals surface area contributed by atoms with Gasteiger partial charge in [0.15, 0.2) is 17.9 Å². The Kier molecular flexibility index (Phi) is 2.63. The van der Waals surface area contributed by atoms with Crippen molar-refractivity contribution in [1.29, 1.82) is 0 Å². The second-order valence-corrected chi connectivity index (χ2v) is 4.59. The standard InChI is InChI=1S/C15H14N2O2/c1-17-12(6-10-4-2-3-5-14(10)17)7-11-8-13(9-18)19-15(11)16/h2-6,8-9H,7,16H2,1H3. The SMILES string of the molecule is Cn1c(Cc2cc(C=O)oc2N)cc2ccccc21. The molecular formula is C15H14N2O2. The number of para-hydroxylation sites is 1. The number of nitrogens with zero attached hydrogens (tertiary/aromatic N) is 1. The number of hydrogen-bond acceptors (Lipinski definition) is 3. The molecular weight excluding hydrogens is 240 g/mol. The van der Waals surface area contributed by atoms with E-state index < -0.39 is 0 Å². The third-order valence-electron chi connectivity index (χ3n) is 3.40. The van der Waals surface area contributed by atoms with Crippen molar-refractivity contribution in [2.75, 3.05) is 5.73 Å². The van der Waals surface area contributed by atoms with Crippen LogP contribution >= 0.6 is 0 Å². The minimum atomic E-state index is 0.270. The minimum Gasteiger partial charge on any atom is -0.438 e. The number of aldehydes is 1. The van der Waals surface area contributed by atoms with Crippen molar-refractivity contribution in [3.63, 3.8) is 0 Å². The van der Waals surface area contributed by atoms with Gasteiger partial charge in [0.25, 0.3) is 0 Å². The Bertz CT molecular complexity index is 753. The first-order chi connectivity index (χ1) is 9.19. The Morgan fingerprint density at radius 2 is 2.11 bits per heavy atom. The van der Waals surface area contributed by atoms with Crippen LogP contribution < -0.4 is 5.73 Å². The van der Waals surface area contributed by atoms with E-state index in [4.69, 9.17) is 10.2 Å². The molecule has 19 heavy (non-hydrogen) atoms. The number of anilines is 1. The Labute approximate surface area is 110 Å². The summed E-state index contributed by atoms with van der Waals surface area (Å²) in [6.45, 7) is 0. The van der Waals surface area contributed by atoms with Crippen LogP contribution in [0.4, 0.5) is 5.88 Å². The van der Waals surface area contributed by atoms with Crippen LogP contribution in [0.15, 0.2) is 40.8 Å². The summed E-state index contributed by atoms with van der Waals surface area (Å²) < 4.78 is 7.28. The summed E-state index contributed by atoms with van der Waals surface area (Å²) in [5.41, 5.74) is 8.92. The van der Waals surface area contributed by atoms with E-state index in [1.807, 2.05) is 19.2 Å². The van der Waals surface area contributed by atoms with E-state index in [2.05, 4.69) is 22.8 Å². The predicted octanol–water partition coefficient (Wildman–Crippen LogP) is 2.76. The van der Waals surface area contributed by atoms with Crippen molar-refractivity contribution in [1.82, 2.24) is 4.57 Å². The summed E-state index contributed by atoms with van der Waals surface area (Å²) >= 11 is 0. The lowest BCUT2D eigenvalue weighted by Crippen LogP contribution is -1.98. The fourth-order valence-corrected chi connectivity index (χ4v) is 2.37. The van der Waals surface area contributed by atoms with E-state index in [1.165, 1.54) is 10.9 Å². The number of carbonyl (C=O) groups excluding carboxylic acids is 1. The minimum absolute atomic E-state index is 0.270. The lowest BCUT2D eigenvalue weighted by molar-refractivity contribution is 0.110. The molecule has 0 aliphatic rings. The molecule has 96 valence electrons. The van der Waals surface area contributed by atoms with Crippen molar-refractivity contribution in [3.8, 4) is 0 Å². The van der Waals surface area contributed by atoms with E-state index in [0.717, 1.165) is 11.3 Å². The first kappa shape index (κ1) is 11.6. The third-order valence-corrected chi connectivity index (χ3v) is 3.40. The number of fused-ring (bicyclic) bond motifs is 1. The molecule has 0 aliphatic heterocycles. The number of hydrogen-bond donors (Lipinski definition) is 1. The smallest absolute Gasteiger partial charge is 0.194 e. The van der Waals surface area contributed by atoms with Crippen molar-refractivity contribution >= 4 is 23.1 Å². The highest BCUT2D eigenvalue weighted by molar-refractivity contribution is 5.81. The van der Waals surface area contributed by atoms with Gasteiger partial charge >= 0.3 is 0 Å². The van der Waals surface area contributed by atoms with E-state index in [-0.39, 0.29) is 5.76 Å². The van der Waals surface area contributed by atoms with Crippen molar-refractivity contribution in [2.24, 2.45) is 7.05 Å². The number of aromatic nitrogens is 1. The summed E-state index contributed by atoms with van der Waals surface area (Å²) in [5.74, 6) is 0.582. The molecule has 0 saturated carbocycles. The highest BCUT2D eigenvalue weighted by atomic mass is 16.4. The Balaban J connectivity index is 2.03. The maximum atomic E-state index is 10.7. The molecule has 3 aromatic rings. The number of benzene rings is 1. The summed E-state index contributed by atoms with van der Waals surface area (Å²) in [6.07, 6.45) is 1.32. The third kappa shape index (κ3) is 1.91. The normalized spacial score (nSPS) is 11.0. The quantitative estimate of drug-likeness (QED) is 0.731. The molecule has 0 aliphatic carbocycles. The van der Waals surface area contributed by atoms with Crippen molar-refractivity contribution in [2.45, 2.75) is 6.42 Å². The van der Waals surface area contributed by atoms with Crippen LogP contribution in [0, 0.1) is 0 Å². The van der Waals surface area contributed by atoms with Crippen molar-refractivity contribution < 1.29 is 9.21 Å². The lowest BCUT2D eigenvalue weighted by atomic mass is 10.1. The number of rotatable bonds is 3. The molecule has 0 unspecified atom stereocenters. The number of aryl methyl sites for hydroxylation is 1. The molecule has 0 bridgehead atoms. The molecule has 2 aromatic heterocycles. The second kappa shape index (κ2) is 4.31. The van der Waals surface area contributed by atoms with Gasteiger partial charge in [0.05, 0.1) is 0 Å². The van der Waals surface area contributed by atoms with E-state index >= 15 is 0 Å².